The maximum absolute atomic E-state index is 11.7. The third-order valence-corrected chi connectivity index (χ3v) is 2.86. The molecule has 0 atom stereocenters. The topological polar surface area (TPSA) is 79.5 Å². The van der Waals surface area contributed by atoms with E-state index in [-0.39, 0.29) is 24.8 Å². The number of hydrogen-bond acceptors (Lipinski definition) is 5. The Morgan fingerprint density at radius 2 is 1.95 bits per heavy atom. The van der Waals surface area contributed by atoms with E-state index >= 15 is 0 Å². The van der Waals surface area contributed by atoms with E-state index in [1.54, 1.807) is 6.92 Å². The molecule has 1 aromatic rings. The average Bonchev–Trinajstić information content (AvgIpc) is 2.44. The largest absolute Gasteiger partial charge is 0.466 e. The minimum Gasteiger partial charge on any atom is -0.466 e. The normalized spacial score (nSPS) is 9.77. The van der Waals surface area contributed by atoms with Crippen molar-refractivity contribution in [2.45, 2.75) is 27.2 Å². The van der Waals surface area contributed by atoms with E-state index in [4.69, 9.17) is 4.74 Å². The molecule has 0 bridgehead atoms. The Morgan fingerprint density at radius 1 is 1.23 bits per heavy atom. The van der Waals surface area contributed by atoms with Gasteiger partial charge in [0.15, 0.2) is 0 Å². The Hall–Kier alpha value is -2.50. The molecular formula is C16H23N3O3. The number of aryl methyl sites for hydroxylation is 2. The lowest BCUT2D eigenvalue weighted by Gasteiger charge is -2.13. The maximum atomic E-state index is 11.7. The molecule has 1 aromatic carbocycles. The van der Waals surface area contributed by atoms with Crippen LogP contribution in [0.5, 0.6) is 0 Å². The van der Waals surface area contributed by atoms with Gasteiger partial charge in [0, 0.05) is 11.4 Å². The average molecular weight is 305 g/mol. The van der Waals surface area contributed by atoms with Gasteiger partial charge in [-0.3, -0.25) is 15.0 Å². The predicted octanol–water partition coefficient (Wildman–Crippen LogP) is 1.80. The van der Waals surface area contributed by atoms with Crippen LogP contribution in [0.3, 0.4) is 0 Å². The quantitative estimate of drug-likeness (QED) is 0.504. The van der Waals surface area contributed by atoms with Gasteiger partial charge in [0.05, 0.1) is 19.6 Å². The van der Waals surface area contributed by atoms with Crippen molar-refractivity contribution in [2.24, 2.45) is 0 Å². The van der Waals surface area contributed by atoms with Gasteiger partial charge in [-0.05, 0) is 32.4 Å². The second-order valence-electron chi connectivity index (χ2n) is 4.93. The van der Waals surface area contributed by atoms with Crippen molar-refractivity contribution in [2.75, 3.05) is 18.5 Å². The molecule has 0 fully saturated rings. The second-order valence-corrected chi connectivity index (χ2v) is 4.93. The van der Waals surface area contributed by atoms with Crippen LogP contribution in [0.15, 0.2) is 30.5 Å². The van der Waals surface area contributed by atoms with Gasteiger partial charge in [0.2, 0.25) is 0 Å². The molecule has 0 saturated carbocycles. The first-order valence-corrected chi connectivity index (χ1v) is 7.11. The van der Waals surface area contributed by atoms with Crippen LogP contribution in [0.2, 0.25) is 0 Å². The van der Waals surface area contributed by atoms with Crippen molar-refractivity contribution in [3.63, 3.8) is 0 Å². The fraction of sp³-hybridized carbons (Fsp3) is 0.375. The van der Waals surface area contributed by atoms with Gasteiger partial charge in [-0.1, -0.05) is 24.3 Å². The fourth-order valence-electron chi connectivity index (χ4n) is 1.82. The maximum Gasteiger partial charge on any atom is 0.311 e. The van der Waals surface area contributed by atoms with Crippen LogP contribution in [-0.4, -0.2) is 25.0 Å². The van der Waals surface area contributed by atoms with Crippen molar-refractivity contribution >= 4 is 17.6 Å². The number of carbonyl (C=O) groups is 2. The number of amides is 1. The van der Waals surface area contributed by atoms with Crippen molar-refractivity contribution in [3.05, 3.63) is 41.6 Å². The second kappa shape index (κ2) is 8.71. The summed E-state index contributed by atoms with van der Waals surface area (Å²) in [4.78, 5) is 22.9. The predicted molar refractivity (Wildman–Crippen MR) is 86.1 cm³/mol. The van der Waals surface area contributed by atoms with E-state index in [1.807, 2.05) is 32.0 Å². The molecule has 120 valence electrons. The van der Waals surface area contributed by atoms with Crippen molar-refractivity contribution in [1.29, 1.82) is 0 Å². The Balaban J connectivity index is 2.31. The highest BCUT2D eigenvalue weighted by molar-refractivity contribution is 5.80. The Labute approximate surface area is 130 Å². The van der Waals surface area contributed by atoms with Crippen LogP contribution in [0, 0.1) is 13.8 Å². The van der Waals surface area contributed by atoms with Crippen molar-refractivity contribution < 1.29 is 14.3 Å². The summed E-state index contributed by atoms with van der Waals surface area (Å²) < 4.78 is 4.78. The molecule has 22 heavy (non-hydrogen) atoms. The minimum absolute atomic E-state index is 0.0125. The summed E-state index contributed by atoms with van der Waals surface area (Å²) in [6.45, 7) is 9.80. The zero-order chi connectivity index (χ0) is 16.5. The Bertz CT molecular complexity index is 556. The molecule has 1 rings (SSSR count). The third-order valence-electron chi connectivity index (χ3n) is 2.86. The number of ether oxygens (including phenoxy) is 1. The Kier molecular flexibility index (Phi) is 6.95. The monoisotopic (exact) mass is 305 g/mol. The van der Waals surface area contributed by atoms with Crippen LogP contribution >= 0.6 is 0 Å². The van der Waals surface area contributed by atoms with Crippen molar-refractivity contribution in [1.82, 2.24) is 10.9 Å². The SMILES string of the molecule is C=C(CC(=O)OCC)NNC(=O)CNc1ccc(C)cc1C. The lowest BCUT2D eigenvalue weighted by Crippen LogP contribution is -2.40. The molecule has 0 saturated heterocycles. The first-order valence-electron chi connectivity index (χ1n) is 7.11. The van der Waals surface area contributed by atoms with Crippen LogP contribution in [-0.2, 0) is 14.3 Å². The zero-order valence-electron chi connectivity index (χ0n) is 13.3. The van der Waals surface area contributed by atoms with E-state index in [0.717, 1.165) is 11.3 Å². The molecule has 0 spiro atoms. The van der Waals surface area contributed by atoms with Gasteiger partial charge in [-0.25, -0.2) is 0 Å². The van der Waals surface area contributed by atoms with Gasteiger partial charge in [-0.2, -0.15) is 0 Å². The van der Waals surface area contributed by atoms with Gasteiger partial charge in [0.1, 0.15) is 0 Å². The summed E-state index contributed by atoms with van der Waals surface area (Å²) in [6, 6.07) is 5.96. The summed E-state index contributed by atoms with van der Waals surface area (Å²) in [5.74, 6) is -0.646. The van der Waals surface area contributed by atoms with E-state index in [9.17, 15) is 9.59 Å². The molecule has 0 aliphatic heterocycles. The first-order chi connectivity index (χ1) is 10.4. The number of benzene rings is 1. The highest BCUT2D eigenvalue weighted by Crippen LogP contribution is 2.15. The first kappa shape index (κ1) is 17.6. The lowest BCUT2D eigenvalue weighted by atomic mass is 10.1. The van der Waals surface area contributed by atoms with Crippen molar-refractivity contribution in [3.8, 4) is 0 Å². The number of nitrogens with one attached hydrogen (secondary N) is 3. The van der Waals surface area contributed by atoms with Gasteiger partial charge in [-0.15, -0.1) is 0 Å². The Morgan fingerprint density at radius 3 is 2.59 bits per heavy atom. The van der Waals surface area contributed by atoms with Crippen LogP contribution < -0.4 is 16.2 Å². The number of rotatable bonds is 8. The summed E-state index contributed by atoms with van der Waals surface area (Å²) in [7, 11) is 0. The standard InChI is InChI=1S/C16H23N3O3/c1-5-22-16(21)9-13(4)18-19-15(20)10-17-14-7-6-11(2)8-12(14)3/h6-8,17-18H,4-5,9-10H2,1-3H3,(H,19,20). The molecule has 6 nitrogen and oxygen atoms in total. The molecule has 0 aliphatic rings. The van der Waals surface area contributed by atoms with Crippen LogP contribution in [0.1, 0.15) is 24.5 Å². The summed E-state index contributed by atoms with van der Waals surface area (Å²) >= 11 is 0. The van der Waals surface area contributed by atoms with Gasteiger partial charge >= 0.3 is 5.97 Å². The number of hydrazine groups is 1. The third kappa shape index (κ3) is 6.30. The molecule has 1 amide bonds. The molecule has 0 radical (unpaired) electrons. The zero-order valence-corrected chi connectivity index (χ0v) is 13.3. The number of carbonyl (C=O) groups excluding carboxylic acids is 2. The van der Waals surface area contributed by atoms with Crippen LogP contribution in [0.4, 0.5) is 5.69 Å². The summed E-state index contributed by atoms with van der Waals surface area (Å²) in [5, 5.41) is 3.05. The minimum atomic E-state index is -0.386. The molecule has 0 aliphatic carbocycles. The molecule has 0 heterocycles. The van der Waals surface area contributed by atoms with E-state index in [2.05, 4.69) is 22.7 Å². The molecule has 0 aromatic heterocycles. The highest BCUT2D eigenvalue weighted by Gasteiger charge is 2.06. The molecule has 0 unspecified atom stereocenters. The smallest absolute Gasteiger partial charge is 0.311 e. The lowest BCUT2D eigenvalue weighted by molar-refractivity contribution is -0.142. The van der Waals surface area contributed by atoms with Crippen LogP contribution in [0.25, 0.3) is 0 Å². The highest BCUT2D eigenvalue weighted by atomic mass is 16.5. The number of hydrogen-bond donors (Lipinski definition) is 3. The summed E-state index contributed by atoms with van der Waals surface area (Å²) in [5.41, 5.74) is 8.60. The fourth-order valence-corrected chi connectivity index (χ4v) is 1.82. The number of anilines is 1. The van der Waals surface area contributed by atoms with E-state index in [0.29, 0.717) is 12.3 Å². The van der Waals surface area contributed by atoms with E-state index in [1.165, 1.54) is 5.56 Å². The number of esters is 1. The van der Waals surface area contributed by atoms with Gasteiger partial charge in [0.25, 0.3) is 5.91 Å². The molecule has 3 N–H and O–H groups in total. The molecular weight excluding hydrogens is 282 g/mol. The summed E-state index contributed by atoms with van der Waals surface area (Å²) in [6.07, 6.45) is 0.0125. The van der Waals surface area contributed by atoms with Gasteiger partial charge < -0.3 is 15.5 Å². The molecule has 6 heteroatoms. The van der Waals surface area contributed by atoms with E-state index < -0.39 is 0 Å².